The third-order valence-electron chi connectivity index (χ3n) is 3.86. The van der Waals surface area contributed by atoms with E-state index >= 15 is 0 Å². The minimum atomic E-state index is 0.416. The van der Waals surface area contributed by atoms with Crippen molar-refractivity contribution in [2.24, 2.45) is 0 Å². The topological polar surface area (TPSA) is 12.5 Å². The zero-order valence-corrected chi connectivity index (χ0v) is 10.7. The second-order valence-electron chi connectivity index (χ2n) is 4.91. The van der Waals surface area contributed by atoms with Gasteiger partial charge in [0.15, 0.2) is 0 Å². The van der Waals surface area contributed by atoms with Crippen molar-refractivity contribution in [3.8, 4) is 0 Å². The van der Waals surface area contributed by atoms with Crippen LogP contribution in [0.4, 0.5) is 0 Å². The fourth-order valence-corrected chi connectivity index (χ4v) is 2.42. The maximum absolute atomic E-state index is 5.42. The highest BCUT2D eigenvalue weighted by Gasteiger charge is 2.30. The third kappa shape index (κ3) is 3.76. The van der Waals surface area contributed by atoms with E-state index in [2.05, 4.69) is 25.7 Å². The van der Waals surface area contributed by atoms with Crippen molar-refractivity contribution in [3.63, 3.8) is 0 Å². The molecule has 0 spiro atoms. The fourth-order valence-electron chi connectivity index (χ4n) is 2.42. The number of nitrogens with zero attached hydrogens (tertiary/aromatic N) is 1. The molecule has 0 radical (unpaired) electrons. The van der Waals surface area contributed by atoms with Gasteiger partial charge in [-0.15, -0.1) is 0 Å². The van der Waals surface area contributed by atoms with Crippen LogP contribution in [0.15, 0.2) is 0 Å². The Labute approximate surface area is 95.0 Å². The molecule has 1 aliphatic heterocycles. The lowest BCUT2D eigenvalue weighted by molar-refractivity contribution is -0.0217. The smallest absolute Gasteiger partial charge is 0.0594 e. The largest absolute Gasteiger partial charge is 0.379 e. The molecule has 0 bridgehead atoms. The van der Waals surface area contributed by atoms with Crippen molar-refractivity contribution in [1.29, 1.82) is 0 Å². The molecular weight excluding hydrogens is 186 g/mol. The normalized spacial score (nSPS) is 22.6. The molecule has 0 aliphatic carbocycles. The number of unbranched alkanes of at least 4 members (excludes halogenated alkanes) is 2. The molecule has 0 amide bonds. The number of morpholine rings is 1. The SMILES string of the molecule is CCCCCC(C)(CC)N1CCOCC1. The van der Waals surface area contributed by atoms with E-state index in [1.807, 2.05) is 0 Å². The van der Waals surface area contributed by atoms with Gasteiger partial charge in [0.05, 0.1) is 13.2 Å². The summed E-state index contributed by atoms with van der Waals surface area (Å²) in [6, 6.07) is 0. The molecule has 1 aliphatic rings. The van der Waals surface area contributed by atoms with E-state index in [0.29, 0.717) is 5.54 Å². The first-order chi connectivity index (χ1) is 7.23. The average Bonchev–Trinajstić information content (AvgIpc) is 2.30. The van der Waals surface area contributed by atoms with Crippen molar-refractivity contribution in [2.45, 2.75) is 58.4 Å². The summed E-state index contributed by atoms with van der Waals surface area (Å²) >= 11 is 0. The highest BCUT2D eigenvalue weighted by Crippen LogP contribution is 2.26. The second-order valence-corrected chi connectivity index (χ2v) is 4.91. The van der Waals surface area contributed by atoms with Gasteiger partial charge < -0.3 is 4.74 Å². The quantitative estimate of drug-likeness (QED) is 0.629. The Morgan fingerprint density at radius 1 is 1.13 bits per heavy atom. The van der Waals surface area contributed by atoms with Gasteiger partial charge in [0.25, 0.3) is 0 Å². The maximum atomic E-state index is 5.42. The Morgan fingerprint density at radius 2 is 1.80 bits per heavy atom. The summed E-state index contributed by atoms with van der Waals surface area (Å²) < 4.78 is 5.42. The molecular formula is C13H27NO. The van der Waals surface area contributed by atoms with E-state index in [-0.39, 0.29) is 0 Å². The van der Waals surface area contributed by atoms with Gasteiger partial charge in [-0.2, -0.15) is 0 Å². The summed E-state index contributed by atoms with van der Waals surface area (Å²) in [7, 11) is 0. The molecule has 0 N–H and O–H groups in total. The summed E-state index contributed by atoms with van der Waals surface area (Å²) in [5.74, 6) is 0. The van der Waals surface area contributed by atoms with Crippen molar-refractivity contribution in [3.05, 3.63) is 0 Å². The Bertz CT molecular complexity index is 166. The van der Waals surface area contributed by atoms with Gasteiger partial charge in [-0.25, -0.2) is 0 Å². The summed E-state index contributed by atoms with van der Waals surface area (Å²) in [4.78, 5) is 2.63. The molecule has 2 nitrogen and oxygen atoms in total. The van der Waals surface area contributed by atoms with Gasteiger partial charge in [0.1, 0.15) is 0 Å². The summed E-state index contributed by atoms with van der Waals surface area (Å²) in [6.07, 6.45) is 6.68. The highest BCUT2D eigenvalue weighted by molar-refractivity contribution is 4.86. The molecule has 1 heterocycles. The van der Waals surface area contributed by atoms with Gasteiger partial charge in [-0.1, -0.05) is 33.1 Å². The number of hydrogen-bond donors (Lipinski definition) is 0. The Balaban J connectivity index is 2.41. The van der Waals surface area contributed by atoms with Gasteiger partial charge in [-0.3, -0.25) is 4.90 Å². The summed E-state index contributed by atoms with van der Waals surface area (Å²) in [5, 5.41) is 0. The number of rotatable bonds is 6. The fraction of sp³-hybridized carbons (Fsp3) is 1.00. The van der Waals surface area contributed by atoms with Gasteiger partial charge in [0, 0.05) is 18.6 Å². The first kappa shape index (κ1) is 13.0. The van der Waals surface area contributed by atoms with Crippen LogP contribution in [0, 0.1) is 0 Å². The molecule has 1 rings (SSSR count). The van der Waals surface area contributed by atoms with Gasteiger partial charge >= 0.3 is 0 Å². The first-order valence-electron chi connectivity index (χ1n) is 6.55. The zero-order chi connectivity index (χ0) is 11.1. The molecule has 0 aromatic heterocycles. The molecule has 1 atom stereocenters. The van der Waals surface area contributed by atoms with Crippen LogP contribution in [0.2, 0.25) is 0 Å². The predicted molar refractivity (Wildman–Crippen MR) is 65.2 cm³/mol. The lowest BCUT2D eigenvalue weighted by Crippen LogP contribution is -2.51. The van der Waals surface area contributed by atoms with Crippen LogP contribution in [0.25, 0.3) is 0 Å². The van der Waals surface area contributed by atoms with Gasteiger partial charge in [0.2, 0.25) is 0 Å². The predicted octanol–water partition coefficient (Wildman–Crippen LogP) is 3.07. The Morgan fingerprint density at radius 3 is 2.33 bits per heavy atom. The van der Waals surface area contributed by atoms with Crippen LogP contribution in [0.5, 0.6) is 0 Å². The lowest BCUT2D eigenvalue weighted by atomic mass is 9.89. The molecule has 2 heteroatoms. The van der Waals surface area contributed by atoms with Crippen molar-refractivity contribution in [2.75, 3.05) is 26.3 Å². The van der Waals surface area contributed by atoms with Crippen LogP contribution in [0.1, 0.15) is 52.9 Å². The van der Waals surface area contributed by atoms with Gasteiger partial charge in [-0.05, 0) is 19.8 Å². The highest BCUT2D eigenvalue weighted by atomic mass is 16.5. The first-order valence-corrected chi connectivity index (χ1v) is 6.55. The monoisotopic (exact) mass is 213 g/mol. The molecule has 90 valence electrons. The van der Waals surface area contributed by atoms with E-state index in [0.717, 1.165) is 26.3 Å². The minimum absolute atomic E-state index is 0.416. The van der Waals surface area contributed by atoms with E-state index < -0.39 is 0 Å². The Hall–Kier alpha value is -0.0800. The van der Waals surface area contributed by atoms with Crippen LogP contribution in [-0.2, 0) is 4.74 Å². The third-order valence-corrected chi connectivity index (χ3v) is 3.86. The van der Waals surface area contributed by atoms with E-state index in [1.165, 1.54) is 32.1 Å². The summed E-state index contributed by atoms with van der Waals surface area (Å²) in [6.45, 7) is 11.1. The minimum Gasteiger partial charge on any atom is -0.379 e. The molecule has 15 heavy (non-hydrogen) atoms. The summed E-state index contributed by atoms with van der Waals surface area (Å²) in [5.41, 5.74) is 0.416. The molecule has 1 fully saturated rings. The zero-order valence-electron chi connectivity index (χ0n) is 10.7. The van der Waals surface area contributed by atoms with Crippen LogP contribution in [0.3, 0.4) is 0 Å². The maximum Gasteiger partial charge on any atom is 0.0594 e. The Kier molecular flexibility index (Phi) is 5.62. The number of hydrogen-bond acceptors (Lipinski definition) is 2. The second kappa shape index (κ2) is 6.49. The van der Waals surface area contributed by atoms with E-state index in [1.54, 1.807) is 0 Å². The molecule has 0 saturated carbocycles. The lowest BCUT2D eigenvalue weighted by Gasteiger charge is -2.43. The standard InChI is InChI=1S/C13H27NO/c1-4-6-7-8-13(3,5-2)14-9-11-15-12-10-14/h4-12H2,1-3H3. The molecule has 1 saturated heterocycles. The van der Waals surface area contributed by atoms with Crippen LogP contribution >= 0.6 is 0 Å². The van der Waals surface area contributed by atoms with Crippen LogP contribution < -0.4 is 0 Å². The van der Waals surface area contributed by atoms with E-state index in [9.17, 15) is 0 Å². The van der Waals surface area contributed by atoms with E-state index in [4.69, 9.17) is 4.74 Å². The average molecular weight is 213 g/mol. The molecule has 0 aromatic rings. The molecule has 0 aromatic carbocycles. The van der Waals surface area contributed by atoms with Crippen molar-refractivity contribution in [1.82, 2.24) is 4.90 Å². The van der Waals surface area contributed by atoms with Crippen molar-refractivity contribution < 1.29 is 4.74 Å². The van der Waals surface area contributed by atoms with Crippen LogP contribution in [-0.4, -0.2) is 36.7 Å². The number of ether oxygens (including phenoxy) is 1. The van der Waals surface area contributed by atoms with Crippen molar-refractivity contribution >= 4 is 0 Å². The molecule has 1 unspecified atom stereocenters.